The van der Waals surface area contributed by atoms with Crippen molar-refractivity contribution in [1.82, 2.24) is 9.97 Å². The largest absolute Gasteiger partial charge is 0.493 e. The number of anilines is 2. The molecule has 31 heavy (non-hydrogen) atoms. The Labute approximate surface area is 186 Å². The summed E-state index contributed by atoms with van der Waals surface area (Å²) in [4.78, 5) is 25.1. The fraction of sp³-hybridized carbons (Fsp3) is 0.348. The van der Waals surface area contributed by atoms with Gasteiger partial charge in [-0.3, -0.25) is 4.79 Å². The van der Waals surface area contributed by atoms with E-state index in [2.05, 4.69) is 20.2 Å². The van der Waals surface area contributed by atoms with Gasteiger partial charge in [0, 0.05) is 24.8 Å². The maximum Gasteiger partial charge on any atom is 0.267 e. The van der Waals surface area contributed by atoms with Crippen LogP contribution in [0.25, 0.3) is 10.6 Å². The molecule has 0 saturated carbocycles. The molecule has 0 spiro atoms. The Morgan fingerprint density at radius 2 is 1.87 bits per heavy atom. The summed E-state index contributed by atoms with van der Waals surface area (Å²) in [5.41, 5.74) is 2.30. The number of nitrogens with one attached hydrogen (secondary N) is 1. The quantitative estimate of drug-likeness (QED) is 0.597. The molecular formula is C23H26N4O3S. The monoisotopic (exact) mass is 438 g/mol. The average Bonchev–Trinajstić information content (AvgIpc) is 3.21. The predicted molar refractivity (Wildman–Crippen MR) is 124 cm³/mol. The topological polar surface area (TPSA) is 76.6 Å². The molecule has 7 nitrogen and oxygen atoms in total. The summed E-state index contributed by atoms with van der Waals surface area (Å²) in [6.45, 7) is 3.77. The van der Waals surface area contributed by atoms with E-state index >= 15 is 0 Å². The van der Waals surface area contributed by atoms with Crippen molar-refractivity contribution in [2.75, 3.05) is 37.5 Å². The molecule has 1 aliphatic rings. The fourth-order valence-electron chi connectivity index (χ4n) is 3.73. The van der Waals surface area contributed by atoms with Gasteiger partial charge in [-0.2, -0.15) is 0 Å². The van der Waals surface area contributed by atoms with E-state index in [-0.39, 0.29) is 5.91 Å². The van der Waals surface area contributed by atoms with Crippen molar-refractivity contribution in [1.29, 1.82) is 0 Å². The van der Waals surface area contributed by atoms with Crippen LogP contribution in [-0.2, 0) is 0 Å². The van der Waals surface area contributed by atoms with Crippen LogP contribution in [0.1, 0.15) is 34.6 Å². The summed E-state index contributed by atoms with van der Waals surface area (Å²) in [6.07, 6.45) is 5.30. The van der Waals surface area contributed by atoms with Crippen LogP contribution in [0.5, 0.6) is 11.5 Å². The van der Waals surface area contributed by atoms with Crippen molar-refractivity contribution in [3.05, 3.63) is 47.1 Å². The predicted octanol–water partition coefficient (Wildman–Crippen LogP) is 4.77. The molecule has 1 aliphatic heterocycles. The van der Waals surface area contributed by atoms with Gasteiger partial charge in [0.1, 0.15) is 9.88 Å². The second-order valence-electron chi connectivity index (χ2n) is 7.38. The van der Waals surface area contributed by atoms with Crippen molar-refractivity contribution in [2.45, 2.75) is 26.2 Å². The molecular weight excluding hydrogens is 412 g/mol. The highest BCUT2D eigenvalue weighted by atomic mass is 32.1. The van der Waals surface area contributed by atoms with E-state index in [1.807, 2.05) is 37.3 Å². The molecule has 0 bridgehead atoms. The minimum atomic E-state index is -0.173. The molecule has 1 saturated heterocycles. The molecule has 0 atom stereocenters. The van der Waals surface area contributed by atoms with Crippen LogP contribution >= 0.6 is 11.3 Å². The fourth-order valence-corrected chi connectivity index (χ4v) is 4.69. The molecule has 2 aromatic heterocycles. The van der Waals surface area contributed by atoms with Crippen LogP contribution in [-0.4, -0.2) is 43.2 Å². The van der Waals surface area contributed by atoms with Crippen molar-refractivity contribution >= 4 is 28.7 Å². The normalized spacial score (nSPS) is 13.7. The number of thiazole rings is 1. The van der Waals surface area contributed by atoms with E-state index in [1.165, 1.54) is 17.8 Å². The van der Waals surface area contributed by atoms with E-state index in [1.54, 1.807) is 20.4 Å². The second-order valence-corrected chi connectivity index (χ2v) is 8.38. The summed E-state index contributed by atoms with van der Waals surface area (Å²) >= 11 is 1.36. The standard InChI is InChI=1S/C23H26N4O3S/c1-15-20(31-23(25-15)16-9-10-18(29-2)19(14-16)30-3)22(28)26-17-8-7-11-24-21(17)27-12-5-4-6-13-27/h7-11,14H,4-6,12-13H2,1-3H3,(H,26,28). The van der Waals surface area contributed by atoms with Gasteiger partial charge in [-0.05, 0) is 56.5 Å². The van der Waals surface area contributed by atoms with E-state index < -0.39 is 0 Å². The molecule has 0 radical (unpaired) electrons. The third-order valence-electron chi connectivity index (χ3n) is 5.32. The van der Waals surface area contributed by atoms with E-state index in [0.717, 1.165) is 48.0 Å². The van der Waals surface area contributed by atoms with Crippen LogP contribution in [0.2, 0.25) is 0 Å². The number of nitrogens with zero attached hydrogens (tertiary/aromatic N) is 3. The highest BCUT2D eigenvalue weighted by Crippen LogP contribution is 2.35. The number of pyridine rings is 1. The highest BCUT2D eigenvalue weighted by molar-refractivity contribution is 7.17. The lowest BCUT2D eigenvalue weighted by Crippen LogP contribution is -2.31. The first-order valence-electron chi connectivity index (χ1n) is 10.3. The zero-order valence-corrected chi connectivity index (χ0v) is 18.8. The van der Waals surface area contributed by atoms with Crippen LogP contribution in [0.3, 0.4) is 0 Å². The summed E-state index contributed by atoms with van der Waals surface area (Å²) in [6, 6.07) is 9.37. The van der Waals surface area contributed by atoms with Gasteiger partial charge >= 0.3 is 0 Å². The number of piperidine rings is 1. The lowest BCUT2D eigenvalue weighted by atomic mass is 10.1. The molecule has 1 amide bonds. The maximum absolute atomic E-state index is 13.1. The van der Waals surface area contributed by atoms with Gasteiger partial charge in [-0.15, -0.1) is 11.3 Å². The first kappa shape index (κ1) is 21.1. The number of aromatic nitrogens is 2. The van der Waals surface area contributed by atoms with Crippen LogP contribution in [0, 0.1) is 6.92 Å². The van der Waals surface area contributed by atoms with Crippen LogP contribution < -0.4 is 19.7 Å². The van der Waals surface area contributed by atoms with E-state index in [4.69, 9.17) is 9.47 Å². The Bertz CT molecular complexity index is 1080. The molecule has 3 aromatic rings. The Kier molecular flexibility index (Phi) is 6.36. The molecule has 162 valence electrons. The summed E-state index contributed by atoms with van der Waals surface area (Å²) in [5, 5.41) is 3.81. The third kappa shape index (κ3) is 4.49. The molecule has 8 heteroatoms. The van der Waals surface area contributed by atoms with E-state index in [0.29, 0.717) is 22.1 Å². The number of rotatable bonds is 6. The highest BCUT2D eigenvalue weighted by Gasteiger charge is 2.21. The number of carbonyl (C=O) groups excluding carboxylic acids is 1. The van der Waals surface area contributed by atoms with Gasteiger partial charge in [-0.25, -0.2) is 9.97 Å². The Morgan fingerprint density at radius 1 is 1.10 bits per heavy atom. The second kappa shape index (κ2) is 9.34. The van der Waals surface area contributed by atoms with Crippen molar-refractivity contribution in [3.8, 4) is 22.1 Å². The number of benzene rings is 1. The number of methoxy groups -OCH3 is 2. The molecule has 1 aromatic carbocycles. The lowest BCUT2D eigenvalue weighted by molar-refractivity contribution is 0.103. The number of hydrogen-bond acceptors (Lipinski definition) is 7. The average molecular weight is 439 g/mol. The maximum atomic E-state index is 13.1. The van der Waals surface area contributed by atoms with Gasteiger partial charge < -0.3 is 19.7 Å². The van der Waals surface area contributed by atoms with Gasteiger partial charge in [0.15, 0.2) is 17.3 Å². The lowest BCUT2D eigenvalue weighted by Gasteiger charge is -2.29. The molecule has 3 heterocycles. The zero-order chi connectivity index (χ0) is 21.8. The number of aryl methyl sites for hydroxylation is 1. The number of ether oxygens (including phenoxy) is 2. The number of amides is 1. The summed E-state index contributed by atoms with van der Waals surface area (Å²) in [5.74, 6) is 1.94. The SMILES string of the molecule is COc1ccc(-c2nc(C)c(C(=O)Nc3cccnc3N3CCCCC3)s2)cc1OC. The van der Waals surface area contributed by atoms with Crippen molar-refractivity contribution in [3.63, 3.8) is 0 Å². The molecule has 4 rings (SSSR count). The smallest absolute Gasteiger partial charge is 0.267 e. The first-order chi connectivity index (χ1) is 15.1. The Hall–Kier alpha value is -3.13. The zero-order valence-electron chi connectivity index (χ0n) is 18.0. The third-order valence-corrected chi connectivity index (χ3v) is 6.53. The minimum absolute atomic E-state index is 0.173. The van der Waals surface area contributed by atoms with Crippen LogP contribution in [0.15, 0.2) is 36.5 Å². The minimum Gasteiger partial charge on any atom is -0.493 e. The van der Waals surface area contributed by atoms with Gasteiger partial charge in [0.25, 0.3) is 5.91 Å². The summed E-state index contributed by atoms with van der Waals surface area (Å²) in [7, 11) is 3.20. The molecule has 0 aliphatic carbocycles. The van der Waals surface area contributed by atoms with Gasteiger partial charge in [0.05, 0.1) is 25.6 Å². The van der Waals surface area contributed by atoms with E-state index in [9.17, 15) is 4.79 Å². The molecule has 1 N–H and O–H groups in total. The molecule has 1 fully saturated rings. The first-order valence-corrected chi connectivity index (χ1v) is 11.1. The number of carbonyl (C=O) groups is 1. The van der Waals surface area contributed by atoms with Crippen molar-refractivity contribution < 1.29 is 14.3 Å². The van der Waals surface area contributed by atoms with Gasteiger partial charge in [-0.1, -0.05) is 0 Å². The van der Waals surface area contributed by atoms with Crippen LogP contribution in [0.4, 0.5) is 11.5 Å². The Morgan fingerprint density at radius 3 is 2.61 bits per heavy atom. The van der Waals surface area contributed by atoms with Gasteiger partial charge in [0.2, 0.25) is 0 Å². The summed E-state index contributed by atoms with van der Waals surface area (Å²) < 4.78 is 10.7. The number of hydrogen-bond donors (Lipinski definition) is 1. The Balaban J connectivity index is 1.58. The van der Waals surface area contributed by atoms with Crippen molar-refractivity contribution in [2.24, 2.45) is 0 Å². The molecule has 0 unspecified atom stereocenters.